The van der Waals surface area contributed by atoms with Gasteiger partial charge in [0.1, 0.15) is 17.5 Å². The van der Waals surface area contributed by atoms with Gasteiger partial charge in [0.2, 0.25) is 0 Å². The Bertz CT molecular complexity index is 502. The van der Waals surface area contributed by atoms with Gasteiger partial charge in [-0.2, -0.15) is 5.10 Å². The molecule has 0 radical (unpaired) electrons. The quantitative estimate of drug-likeness (QED) is 0.889. The van der Waals surface area contributed by atoms with E-state index in [-0.39, 0.29) is 5.56 Å². The summed E-state index contributed by atoms with van der Waals surface area (Å²) in [5.41, 5.74) is 0.0261. The van der Waals surface area contributed by atoms with Gasteiger partial charge in [0, 0.05) is 24.9 Å². The molecule has 1 atom stereocenters. The van der Waals surface area contributed by atoms with E-state index in [0.717, 1.165) is 0 Å². The van der Waals surface area contributed by atoms with Crippen molar-refractivity contribution in [1.29, 1.82) is 0 Å². The first-order valence-electron chi connectivity index (χ1n) is 5.28. The predicted molar refractivity (Wildman–Crippen MR) is 61.6 cm³/mol. The number of anilines is 1. The topological polar surface area (TPSA) is 29.9 Å². The Kier molecular flexibility index (Phi) is 3.08. The lowest BCUT2D eigenvalue weighted by Crippen LogP contribution is -2.11. The maximum Gasteiger partial charge on any atom is 0.148 e. The Morgan fingerprint density at radius 3 is 2.41 bits per heavy atom. The number of aryl methyl sites for hydroxylation is 1. The van der Waals surface area contributed by atoms with E-state index < -0.39 is 17.7 Å². The highest BCUT2D eigenvalue weighted by atomic mass is 19.1. The molecule has 2 aromatic rings. The van der Waals surface area contributed by atoms with Gasteiger partial charge >= 0.3 is 0 Å². The van der Waals surface area contributed by atoms with Crippen LogP contribution in [0.15, 0.2) is 30.5 Å². The molecule has 1 N–H and O–H groups in total. The van der Waals surface area contributed by atoms with Crippen molar-refractivity contribution in [2.75, 3.05) is 5.32 Å². The number of hydrogen-bond donors (Lipinski definition) is 1. The normalized spacial score (nSPS) is 12.5. The Morgan fingerprint density at radius 1 is 1.24 bits per heavy atom. The van der Waals surface area contributed by atoms with Crippen molar-refractivity contribution < 1.29 is 8.78 Å². The van der Waals surface area contributed by atoms with Crippen LogP contribution in [0.4, 0.5) is 14.6 Å². The van der Waals surface area contributed by atoms with Crippen molar-refractivity contribution in [2.24, 2.45) is 7.05 Å². The average molecular weight is 237 g/mol. The molecule has 3 nitrogen and oxygen atoms in total. The molecule has 0 aliphatic carbocycles. The zero-order chi connectivity index (χ0) is 12.4. The Hall–Kier alpha value is -1.91. The minimum absolute atomic E-state index is 0.0261. The molecule has 5 heteroatoms. The summed E-state index contributed by atoms with van der Waals surface area (Å²) in [5, 5.41) is 7.04. The summed E-state index contributed by atoms with van der Waals surface area (Å²) >= 11 is 0. The first-order chi connectivity index (χ1) is 8.08. The van der Waals surface area contributed by atoms with Crippen LogP contribution in [0, 0.1) is 11.6 Å². The summed E-state index contributed by atoms with van der Waals surface area (Å²) in [6.45, 7) is 1.69. The number of aromatic nitrogens is 2. The molecular weight excluding hydrogens is 224 g/mol. The summed E-state index contributed by atoms with van der Waals surface area (Å²) in [6.07, 6.45) is 1.76. The minimum Gasteiger partial charge on any atom is -0.362 e. The monoisotopic (exact) mass is 237 g/mol. The summed E-state index contributed by atoms with van der Waals surface area (Å²) in [5.74, 6) is -0.524. The van der Waals surface area contributed by atoms with E-state index in [1.165, 1.54) is 18.2 Å². The molecule has 2 rings (SSSR count). The first kappa shape index (κ1) is 11.6. The Labute approximate surface area is 98.1 Å². The predicted octanol–water partition coefficient (Wildman–Crippen LogP) is 2.87. The van der Waals surface area contributed by atoms with Crippen LogP contribution in [0.2, 0.25) is 0 Å². The van der Waals surface area contributed by atoms with Crippen LogP contribution >= 0.6 is 0 Å². The maximum absolute atomic E-state index is 13.5. The van der Waals surface area contributed by atoms with Gasteiger partial charge in [0.25, 0.3) is 0 Å². The smallest absolute Gasteiger partial charge is 0.148 e. The third kappa shape index (κ3) is 2.43. The molecular formula is C12H13F2N3. The van der Waals surface area contributed by atoms with Crippen molar-refractivity contribution in [2.45, 2.75) is 13.0 Å². The first-order valence-corrected chi connectivity index (χ1v) is 5.28. The highest BCUT2D eigenvalue weighted by Gasteiger charge is 2.16. The molecule has 0 bridgehead atoms. The van der Waals surface area contributed by atoms with Gasteiger partial charge in [-0.05, 0) is 19.1 Å². The third-order valence-corrected chi connectivity index (χ3v) is 2.51. The minimum atomic E-state index is -0.555. The molecule has 17 heavy (non-hydrogen) atoms. The molecule has 0 aliphatic heterocycles. The fourth-order valence-electron chi connectivity index (χ4n) is 1.71. The highest BCUT2D eigenvalue weighted by molar-refractivity contribution is 5.37. The van der Waals surface area contributed by atoms with Crippen molar-refractivity contribution in [1.82, 2.24) is 9.78 Å². The Morgan fingerprint density at radius 2 is 1.88 bits per heavy atom. The van der Waals surface area contributed by atoms with Gasteiger partial charge < -0.3 is 5.32 Å². The van der Waals surface area contributed by atoms with E-state index in [4.69, 9.17) is 0 Å². The van der Waals surface area contributed by atoms with Gasteiger partial charge in [0.05, 0.1) is 6.04 Å². The van der Waals surface area contributed by atoms with Gasteiger partial charge in [0.15, 0.2) is 0 Å². The van der Waals surface area contributed by atoms with E-state index in [2.05, 4.69) is 10.4 Å². The second kappa shape index (κ2) is 4.53. The van der Waals surface area contributed by atoms with E-state index in [1.54, 1.807) is 30.9 Å². The summed E-state index contributed by atoms with van der Waals surface area (Å²) in [4.78, 5) is 0. The zero-order valence-corrected chi connectivity index (χ0v) is 9.61. The zero-order valence-electron chi connectivity index (χ0n) is 9.61. The van der Waals surface area contributed by atoms with Crippen LogP contribution in [-0.2, 0) is 7.05 Å². The van der Waals surface area contributed by atoms with Crippen molar-refractivity contribution in [3.63, 3.8) is 0 Å². The molecule has 0 aliphatic rings. The van der Waals surface area contributed by atoms with Crippen LogP contribution in [0.5, 0.6) is 0 Å². The number of halogens is 2. The number of benzene rings is 1. The second-order valence-electron chi connectivity index (χ2n) is 3.88. The number of hydrogen-bond acceptors (Lipinski definition) is 2. The van der Waals surface area contributed by atoms with Crippen LogP contribution in [0.3, 0.4) is 0 Å². The fraction of sp³-hybridized carbons (Fsp3) is 0.250. The lowest BCUT2D eigenvalue weighted by Gasteiger charge is -2.15. The lowest BCUT2D eigenvalue weighted by atomic mass is 10.1. The summed E-state index contributed by atoms with van der Waals surface area (Å²) < 4.78 is 28.6. The van der Waals surface area contributed by atoms with Gasteiger partial charge in [-0.25, -0.2) is 8.78 Å². The van der Waals surface area contributed by atoms with Gasteiger partial charge in [-0.1, -0.05) is 6.07 Å². The third-order valence-electron chi connectivity index (χ3n) is 2.51. The number of nitrogens with one attached hydrogen (secondary N) is 1. The summed E-state index contributed by atoms with van der Waals surface area (Å²) in [6, 6.07) is 5.10. The van der Waals surface area contributed by atoms with E-state index in [1.807, 2.05) is 0 Å². The lowest BCUT2D eigenvalue weighted by molar-refractivity contribution is 0.543. The molecule has 0 spiro atoms. The van der Waals surface area contributed by atoms with Gasteiger partial charge in [-0.3, -0.25) is 4.68 Å². The molecule has 90 valence electrons. The van der Waals surface area contributed by atoms with E-state index in [9.17, 15) is 8.78 Å². The largest absolute Gasteiger partial charge is 0.362 e. The standard InChI is InChI=1S/C12H13F2N3/c1-8(15-11-6-7-17(2)16-11)12-9(13)4-3-5-10(12)14/h3-8H,1-2H3,(H,15,16)/t8-/m0/s1. The van der Waals surface area contributed by atoms with Crippen LogP contribution in [0.25, 0.3) is 0 Å². The fourth-order valence-corrected chi connectivity index (χ4v) is 1.71. The molecule has 0 saturated carbocycles. The number of rotatable bonds is 3. The maximum atomic E-state index is 13.5. The van der Waals surface area contributed by atoms with E-state index in [0.29, 0.717) is 5.82 Å². The SMILES string of the molecule is C[C@H](Nc1ccn(C)n1)c1c(F)cccc1F. The molecule has 0 amide bonds. The average Bonchev–Trinajstić information content (AvgIpc) is 2.63. The molecule has 0 saturated heterocycles. The molecule has 0 fully saturated rings. The van der Waals surface area contributed by atoms with Crippen LogP contribution in [0.1, 0.15) is 18.5 Å². The van der Waals surface area contributed by atoms with Gasteiger partial charge in [-0.15, -0.1) is 0 Å². The van der Waals surface area contributed by atoms with E-state index >= 15 is 0 Å². The highest BCUT2D eigenvalue weighted by Crippen LogP contribution is 2.23. The van der Waals surface area contributed by atoms with Crippen molar-refractivity contribution >= 4 is 5.82 Å². The molecule has 1 aromatic heterocycles. The second-order valence-corrected chi connectivity index (χ2v) is 3.88. The number of nitrogens with zero attached hydrogens (tertiary/aromatic N) is 2. The molecule has 1 heterocycles. The van der Waals surface area contributed by atoms with Crippen molar-refractivity contribution in [3.05, 3.63) is 47.7 Å². The van der Waals surface area contributed by atoms with Crippen LogP contribution < -0.4 is 5.32 Å². The summed E-state index contributed by atoms with van der Waals surface area (Å²) in [7, 11) is 1.78. The Balaban J connectivity index is 2.22. The van der Waals surface area contributed by atoms with Crippen LogP contribution in [-0.4, -0.2) is 9.78 Å². The molecule has 0 unspecified atom stereocenters. The molecule has 1 aromatic carbocycles. The van der Waals surface area contributed by atoms with Crippen molar-refractivity contribution in [3.8, 4) is 0 Å².